The molecule has 170 valence electrons. The van der Waals surface area contributed by atoms with Gasteiger partial charge in [0.2, 0.25) is 11.2 Å². The highest BCUT2D eigenvalue weighted by Crippen LogP contribution is 2.41. The maximum Gasteiger partial charge on any atom is 0.450 e. The maximum absolute atomic E-state index is 14.0. The van der Waals surface area contributed by atoms with Gasteiger partial charge in [-0.25, -0.2) is 0 Å². The summed E-state index contributed by atoms with van der Waals surface area (Å²) in [4.78, 5) is 14.4. The monoisotopic (exact) mass is 486 g/mol. The van der Waals surface area contributed by atoms with E-state index in [1.807, 2.05) is 0 Å². The van der Waals surface area contributed by atoms with Gasteiger partial charge in [-0.05, 0) is 50.5 Å². The molecule has 3 aromatic rings. The number of halogens is 5. The number of likely N-dealkylation sites (tertiary alicyclic amines) is 1. The molecule has 2 aromatic carbocycles. The molecule has 1 fully saturated rings. The van der Waals surface area contributed by atoms with Crippen LogP contribution in [-0.4, -0.2) is 17.7 Å². The molecular weight excluding hydrogens is 466 g/mol. The van der Waals surface area contributed by atoms with Crippen molar-refractivity contribution in [3.8, 4) is 16.9 Å². The number of nitrogens with one attached hydrogen (secondary N) is 1. The van der Waals surface area contributed by atoms with Crippen LogP contribution in [0.25, 0.3) is 22.1 Å². The van der Waals surface area contributed by atoms with Crippen molar-refractivity contribution in [2.24, 2.45) is 0 Å². The van der Waals surface area contributed by atoms with E-state index in [4.69, 9.17) is 27.6 Å². The van der Waals surface area contributed by atoms with Gasteiger partial charge >= 0.3 is 6.18 Å². The number of aromatic hydroxyl groups is 1. The van der Waals surface area contributed by atoms with Gasteiger partial charge in [0.1, 0.15) is 12.3 Å². The second-order valence-corrected chi connectivity index (χ2v) is 9.02. The number of piperidine rings is 1. The summed E-state index contributed by atoms with van der Waals surface area (Å²) in [6, 6.07) is 6.77. The Balaban J connectivity index is 1.99. The van der Waals surface area contributed by atoms with E-state index in [0.717, 1.165) is 30.7 Å². The van der Waals surface area contributed by atoms with Crippen LogP contribution in [0.3, 0.4) is 0 Å². The average molecular weight is 487 g/mol. The number of phenolic OH excluding ortho intramolecular Hbond substituents is 1. The summed E-state index contributed by atoms with van der Waals surface area (Å²) in [6.45, 7) is 3.14. The topological polar surface area (TPSA) is 54.9 Å². The molecule has 9 heteroatoms. The minimum absolute atomic E-state index is 0.0455. The quantitative estimate of drug-likeness (QED) is 0.517. The van der Waals surface area contributed by atoms with Crippen molar-refractivity contribution in [2.45, 2.75) is 44.9 Å². The van der Waals surface area contributed by atoms with Crippen molar-refractivity contribution < 1.29 is 27.6 Å². The summed E-state index contributed by atoms with van der Waals surface area (Å²) < 4.78 is 47.5. The Hall–Kier alpha value is -2.22. The molecule has 0 radical (unpaired) electrons. The number of fused-ring (bicyclic) bond motifs is 1. The van der Waals surface area contributed by atoms with Gasteiger partial charge < -0.3 is 14.4 Å². The molecule has 1 aliphatic rings. The summed E-state index contributed by atoms with van der Waals surface area (Å²) in [5, 5.41) is 10.6. The zero-order valence-corrected chi connectivity index (χ0v) is 18.7. The molecule has 1 aliphatic heterocycles. The minimum atomic E-state index is -4.96. The van der Waals surface area contributed by atoms with Crippen LogP contribution in [0.5, 0.6) is 5.75 Å². The van der Waals surface area contributed by atoms with Crippen LogP contribution in [0, 0.1) is 0 Å². The van der Waals surface area contributed by atoms with Crippen LogP contribution in [0.4, 0.5) is 13.2 Å². The maximum atomic E-state index is 14.0. The third-order valence-electron chi connectivity index (χ3n) is 6.08. The summed E-state index contributed by atoms with van der Waals surface area (Å²) in [6.07, 6.45) is -1.90. The summed E-state index contributed by atoms with van der Waals surface area (Å²) in [7, 11) is 0. The zero-order chi connectivity index (χ0) is 23.2. The van der Waals surface area contributed by atoms with Crippen LogP contribution >= 0.6 is 23.2 Å². The van der Waals surface area contributed by atoms with Gasteiger partial charge in [0.15, 0.2) is 5.58 Å². The second-order valence-electron chi connectivity index (χ2n) is 8.18. The molecule has 0 saturated carbocycles. The molecule has 4 nitrogen and oxygen atoms in total. The van der Waals surface area contributed by atoms with E-state index in [0.29, 0.717) is 0 Å². The van der Waals surface area contributed by atoms with Crippen molar-refractivity contribution in [1.82, 2.24) is 0 Å². The predicted octanol–water partition coefficient (Wildman–Crippen LogP) is 5.45. The first-order valence-electron chi connectivity index (χ1n) is 10.3. The molecule has 32 heavy (non-hydrogen) atoms. The Bertz CT molecular complexity index is 1240. The van der Waals surface area contributed by atoms with Gasteiger partial charge in [-0.15, -0.1) is 0 Å². The molecule has 1 unspecified atom stereocenters. The third-order valence-corrected chi connectivity index (χ3v) is 6.63. The fourth-order valence-corrected chi connectivity index (χ4v) is 4.86. The first-order valence-corrected chi connectivity index (χ1v) is 11.0. The summed E-state index contributed by atoms with van der Waals surface area (Å²) in [5.74, 6) is -1.65. The van der Waals surface area contributed by atoms with Gasteiger partial charge in [0.25, 0.3) is 0 Å². The highest BCUT2D eigenvalue weighted by atomic mass is 35.5. The number of rotatable bonds is 3. The van der Waals surface area contributed by atoms with E-state index < -0.39 is 22.9 Å². The normalized spacial score (nSPS) is 19.4. The first kappa shape index (κ1) is 23.0. The Morgan fingerprint density at radius 3 is 2.59 bits per heavy atom. The van der Waals surface area contributed by atoms with Crippen molar-refractivity contribution in [3.05, 3.63) is 61.9 Å². The number of hydrogen-bond acceptors (Lipinski definition) is 3. The molecular formula is C23H21Cl2F3NO3+. The van der Waals surface area contributed by atoms with Gasteiger partial charge in [0, 0.05) is 10.6 Å². The largest absolute Gasteiger partial charge is 0.507 e. The molecule has 1 aromatic heterocycles. The van der Waals surface area contributed by atoms with Crippen molar-refractivity contribution in [1.29, 1.82) is 0 Å². The molecule has 0 aliphatic carbocycles. The number of quaternary nitrogens is 1. The van der Waals surface area contributed by atoms with E-state index in [1.54, 1.807) is 0 Å². The Morgan fingerprint density at radius 2 is 1.94 bits per heavy atom. The molecule has 2 atom stereocenters. The van der Waals surface area contributed by atoms with E-state index in [9.17, 15) is 23.1 Å². The fourth-order valence-electron chi connectivity index (χ4n) is 4.35. The molecule has 0 amide bonds. The SMILES string of the molecule is C[C@@H]1CCCC[NH+]1Cc1c(O)ccc2c(=O)c(-c3ccc(Cl)cc3Cl)c(C(F)(F)F)oc12. The van der Waals surface area contributed by atoms with E-state index in [-0.39, 0.29) is 50.5 Å². The lowest BCUT2D eigenvalue weighted by Gasteiger charge is -2.30. The standard InChI is InChI=1S/C23H20Cl2F3NO3/c1-12-4-2-3-9-29(12)11-16-18(30)8-7-15-20(31)19(14-6-5-13(24)10-17(14)25)22(23(26,27)28)32-21(15)16/h5-8,10,12,30H,2-4,9,11H2,1H3/p+1/t12-/m1/s1. The highest BCUT2D eigenvalue weighted by molar-refractivity contribution is 6.36. The van der Waals surface area contributed by atoms with Crippen LogP contribution in [0.15, 0.2) is 39.5 Å². The second kappa shape index (κ2) is 8.61. The Labute approximate surface area is 192 Å². The Kier molecular flexibility index (Phi) is 6.18. The van der Waals surface area contributed by atoms with E-state index in [2.05, 4.69) is 6.92 Å². The molecule has 0 bridgehead atoms. The lowest BCUT2D eigenvalue weighted by molar-refractivity contribution is -0.941. The fraction of sp³-hybridized carbons (Fsp3) is 0.348. The van der Waals surface area contributed by atoms with E-state index in [1.165, 1.54) is 30.3 Å². The lowest BCUT2D eigenvalue weighted by atomic mass is 9.99. The highest BCUT2D eigenvalue weighted by Gasteiger charge is 2.40. The molecule has 1 saturated heterocycles. The van der Waals surface area contributed by atoms with Gasteiger partial charge in [-0.2, -0.15) is 13.2 Å². The molecule has 2 heterocycles. The van der Waals surface area contributed by atoms with E-state index >= 15 is 0 Å². The predicted molar refractivity (Wildman–Crippen MR) is 117 cm³/mol. The molecule has 4 rings (SSSR count). The van der Waals surface area contributed by atoms with Gasteiger partial charge in [-0.1, -0.05) is 29.3 Å². The van der Waals surface area contributed by atoms with Gasteiger partial charge in [0.05, 0.1) is 34.1 Å². The number of benzene rings is 2. The third kappa shape index (κ3) is 4.21. The van der Waals surface area contributed by atoms with Crippen molar-refractivity contribution in [2.75, 3.05) is 6.54 Å². The average Bonchev–Trinajstić information content (AvgIpc) is 2.71. The summed E-state index contributed by atoms with van der Waals surface area (Å²) >= 11 is 12.0. The zero-order valence-electron chi connectivity index (χ0n) is 17.2. The number of phenols is 1. The lowest BCUT2D eigenvalue weighted by Crippen LogP contribution is -3.14. The van der Waals surface area contributed by atoms with Crippen molar-refractivity contribution >= 4 is 34.2 Å². The Morgan fingerprint density at radius 1 is 1.19 bits per heavy atom. The molecule has 0 spiro atoms. The summed E-state index contributed by atoms with van der Waals surface area (Å²) in [5.41, 5.74) is -1.72. The minimum Gasteiger partial charge on any atom is -0.507 e. The number of alkyl halides is 3. The van der Waals surface area contributed by atoms with Crippen molar-refractivity contribution in [3.63, 3.8) is 0 Å². The van der Waals surface area contributed by atoms with Crippen LogP contribution in [0.1, 0.15) is 37.5 Å². The van der Waals surface area contributed by atoms with Gasteiger partial charge in [-0.3, -0.25) is 4.79 Å². The van der Waals surface area contributed by atoms with Crippen LogP contribution in [-0.2, 0) is 12.7 Å². The van der Waals surface area contributed by atoms with Crippen LogP contribution < -0.4 is 10.3 Å². The first-order chi connectivity index (χ1) is 15.1. The smallest absolute Gasteiger partial charge is 0.450 e. The van der Waals surface area contributed by atoms with Crippen LogP contribution in [0.2, 0.25) is 10.0 Å². The molecule has 2 N–H and O–H groups in total. The number of hydrogen-bond donors (Lipinski definition) is 2.